The SMILES string of the molecule is COc1ccc(-c2cc3n(n2)CC(C)(C(=O)NCc2ccccc2)N(Cc2cccc(OC)c2)C3=O)cc1. The molecule has 4 aromatic rings. The summed E-state index contributed by atoms with van der Waals surface area (Å²) in [5.41, 5.74) is 2.62. The molecular formula is C30H30N4O4. The molecule has 8 heteroatoms. The van der Waals surface area contributed by atoms with Crippen LogP contribution in [0.5, 0.6) is 11.5 Å². The summed E-state index contributed by atoms with van der Waals surface area (Å²) in [6.45, 7) is 2.62. The van der Waals surface area contributed by atoms with Crippen LogP contribution in [0.1, 0.15) is 28.5 Å². The Labute approximate surface area is 221 Å². The zero-order valence-corrected chi connectivity index (χ0v) is 21.7. The predicted molar refractivity (Wildman–Crippen MR) is 144 cm³/mol. The van der Waals surface area contributed by atoms with Crippen molar-refractivity contribution in [3.8, 4) is 22.8 Å². The molecule has 0 spiro atoms. The number of ether oxygens (including phenoxy) is 2. The van der Waals surface area contributed by atoms with Crippen molar-refractivity contribution in [3.05, 3.63) is 102 Å². The zero-order chi connectivity index (χ0) is 26.7. The first-order chi connectivity index (χ1) is 18.4. The van der Waals surface area contributed by atoms with Crippen molar-refractivity contribution < 1.29 is 19.1 Å². The lowest BCUT2D eigenvalue weighted by Crippen LogP contribution is -2.63. The van der Waals surface area contributed by atoms with Crippen LogP contribution in [0.3, 0.4) is 0 Å². The molecule has 0 bridgehead atoms. The average molecular weight is 511 g/mol. The van der Waals surface area contributed by atoms with Gasteiger partial charge in [0, 0.05) is 18.7 Å². The highest BCUT2D eigenvalue weighted by molar-refractivity contribution is 6.00. The van der Waals surface area contributed by atoms with Crippen molar-refractivity contribution in [2.45, 2.75) is 32.1 Å². The first-order valence-corrected chi connectivity index (χ1v) is 12.4. The number of carbonyl (C=O) groups is 2. The molecule has 3 aromatic carbocycles. The fourth-order valence-corrected chi connectivity index (χ4v) is 4.71. The van der Waals surface area contributed by atoms with Crippen molar-refractivity contribution in [2.75, 3.05) is 14.2 Å². The van der Waals surface area contributed by atoms with Crippen molar-refractivity contribution in [1.29, 1.82) is 0 Å². The van der Waals surface area contributed by atoms with Gasteiger partial charge in [-0.15, -0.1) is 0 Å². The van der Waals surface area contributed by atoms with E-state index in [1.54, 1.807) is 36.8 Å². The van der Waals surface area contributed by atoms with E-state index < -0.39 is 5.54 Å². The average Bonchev–Trinajstić information content (AvgIpc) is 3.38. The second kappa shape index (κ2) is 10.4. The number of hydrogen-bond acceptors (Lipinski definition) is 5. The molecule has 0 radical (unpaired) electrons. The van der Waals surface area contributed by atoms with E-state index >= 15 is 0 Å². The van der Waals surface area contributed by atoms with Crippen LogP contribution in [-0.2, 0) is 24.4 Å². The van der Waals surface area contributed by atoms with Crippen LogP contribution >= 0.6 is 0 Å². The molecule has 8 nitrogen and oxygen atoms in total. The highest BCUT2D eigenvalue weighted by Gasteiger charge is 2.48. The van der Waals surface area contributed by atoms with Gasteiger partial charge in [-0.3, -0.25) is 14.3 Å². The van der Waals surface area contributed by atoms with Gasteiger partial charge in [-0.25, -0.2) is 0 Å². The van der Waals surface area contributed by atoms with Crippen LogP contribution in [0.25, 0.3) is 11.3 Å². The van der Waals surface area contributed by atoms with E-state index in [1.807, 2.05) is 78.9 Å². The zero-order valence-electron chi connectivity index (χ0n) is 21.7. The fourth-order valence-electron chi connectivity index (χ4n) is 4.71. The largest absolute Gasteiger partial charge is 0.497 e. The summed E-state index contributed by atoms with van der Waals surface area (Å²) in [6.07, 6.45) is 0. The normalized spacial score (nSPS) is 16.6. The summed E-state index contributed by atoms with van der Waals surface area (Å²) in [4.78, 5) is 29.3. The van der Waals surface area contributed by atoms with Crippen LogP contribution < -0.4 is 14.8 Å². The number of carbonyl (C=O) groups excluding carboxylic acids is 2. The number of aromatic nitrogens is 2. The number of rotatable bonds is 8. The van der Waals surface area contributed by atoms with E-state index in [9.17, 15) is 9.59 Å². The number of nitrogens with one attached hydrogen (secondary N) is 1. The van der Waals surface area contributed by atoms with Gasteiger partial charge in [-0.05, 0) is 60.5 Å². The molecule has 0 fully saturated rings. The predicted octanol–water partition coefficient (Wildman–Crippen LogP) is 4.30. The van der Waals surface area contributed by atoms with E-state index in [0.29, 0.717) is 23.7 Å². The monoisotopic (exact) mass is 510 g/mol. The standard InChI is InChI=1S/C30H30N4O4/c1-30(29(36)31-18-21-8-5-4-6-9-21)20-34-27(17-26(32-34)23-12-14-24(37-2)15-13-23)28(35)33(30)19-22-10-7-11-25(16-22)38-3/h4-17H,18-20H2,1-3H3,(H,31,36). The number of hydrogen-bond donors (Lipinski definition) is 1. The lowest BCUT2D eigenvalue weighted by Gasteiger charge is -2.43. The lowest BCUT2D eigenvalue weighted by molar-refractivity contribution is -0.133. The molecule has 2 amide bonds. The van der Waals surface area contributed by atoms with Crippen LogP contribution in [-0.4, -0.2) is 46.3 Å². The molecule has 0 saturated carbocycles. The van der Waals surface area contributed by atoms with Gasteiger partial charge in [0.25, 0.3) is 5.91 Å². The van der Waals surface area contributed by atoms with Crippen molar-refractivity contribution in [3.63, 3.8) is 0 Å². The number of benzene rings is 3. The first-order valence-electron chi connectivity index (χ1n) is 12.4. The Morgan fingerprint density at radius 3 is 2.34 bits per heavy atom. The van der Waals surface area contributed by atoms with Gasteiger partial charge in [-0.2, -0.15) is 5.10 Å². The number of methoxy groups -OCH3 is 2. The van der Waals surface area contributed by atoms with Crippen LogP contribution in [0, 0.1) is 0 Å². The minimum Gasteiger partial charge on any atom is -0.497 e. The second-order valence-corrected chi connectivity index (χ2v) is 9.49. The Bertz CT molecular complexity index is 1450. The van der Waals surface area contributed by atoms with Gasteiger partial charge in [0.1, 0.15) is 22.7 Å². The van der Waals surface area contributed by atoms with Gasteiger partial charge in [0.05, 0.1) is 26.5 Å². The van der Waals surface area contributed by atoms with Gasteiger partial charge >= 0.3 is 0 Å². The molecule has 0 aliphatic carbocycles. The van der Waals surface area contributed by atoms with Crippen molar-refractivity contribution >= 4 is 11.8 Å². The van der Waals surface area contributed by atoms with Gasteiger partial charge in [0.15, 0.2) is 0 Å². The molecule has 1 atom stereocenters. The van der Waals surface area contributed by atoms with E-state index in [-0.39, 0.29) is 24.9 Å². The first kappa shape index (κ1) is 25.1. The Morgan fingerprint density at radius 2 is 1.63 bits per heavy atom. The van der Waals surface area contributed by atoms with Gasteiger partial charge in [0.2, 0.25) is 5.91 Å². The highest BCUT2D eigenvalue weighted by Crippen LogP contribution is 2.32. The van der Waals surface area contributed by atoms with E-state index in [4.69, 9.17) is 14.6 Å². The molecule has 0 saturated heterocycles. The third-order valence-corrected chi connectivity index (χ3v) is 6.94. The molecule has 38 heavy (non-hydrogen) atoms. The quantitative estimate of drug-likeness (QED) is 0.382. The van der Waals surface area contributed by atoms with Crippen molar-refractivity contribution in [2.24, 2.45) is 0 Å². The summed E-state index contributed by atoms with van der Waals surface area (Å²) in [6, 6.07) is 26.5. The van der Waals surface area contributed by atoms with Crippen LogP contribution in [0.15, 0.2) is 84.9 Å². The minimum absolute atomic E-state index is 0.217. The second-order valence-electron chi connectivity index (χ2n) is 9.49. The third-order valence-electron chi connectivity index (χ3n) is 6.94. The Hall–Kier alpha value is -4.59. The molecule has 2 heterocycles. The van der Waals surface area contributed by atoms with Gasteiger partial charge in [-0.1, -0.05) is 42.5 Å². The van der Waals surface area contributed by atoms with E-state index in [1.165, 1.54) is 0 Å². The summed E-state index contributed by atoms with van der Waals surface area (Å²) < 4.78 is 12.3. The van der Waals surface area contributed by atoms with Crippen LogP contribution in [0.4, 0.5) is 0 Å². The molecule has 1 N–H and O–H groups in total. The number of amides is 2. The molecule has 1 aromatic heterocycles. The Morgan fingerprint density at radius 1 is 0.921 bits per heavy atom. The minimum atomic E-state index is -1.18. The van der Waals surface area contributed by atoms with Crippen LogP contribution in [0.2, 0.25) is 0 Å². The Kier molecular flexibility index (Phi) is 6.87. The highest BCUT2D eigenvalue weighted by atomic mass is 16.5. The molecule has 194 valence electrons. The maximum absolute atomic E-state index is 13.9. The van der Waals surface area contributed by atoms with Crippen molar-refractivity contribution in [1.82, 2.24) is 20.0 Å². The topological polar surface area (TPSA) is 85.7 Å². The molecular weight excluding hydrogens is 480 g/mol. The third kappa shape index (κ3) is 4.85. The maximum atomic E-state index is 13.9. The molecule has 1 aliphatic heterocycles. The number of nitrogens with zero attached hydrogens (tertiary/aromatic N) is 3. The van der Waals surface area contributed by atoms with Gasteiger partial charge < -0.3 is 19.7 Å². The number of fused-ring (bicyclic) bond motifs is 1. The Balaban J connectivity index is 1.49. The summed E-state index contributed by atoms with van der Waals surface area (Å²) >= 11 is 0. The summed E-state index contributed by atoms with van der Waals surface area (Å²) in [5, 5.41) is 7.76. The summed E-state index contributed by atoms with van der Waals surface area (Å²) in [7, 11) is 3.22. The maximum Gasteiger partial charge on any atom is 0.273 e. The lowest BCUT2D eigenvalue weighted by atomic mass is 9.94. The fraction of sp³-hybridized carbons (Fsp3) is 0.233. The molecule has 5 rings (SSSR count). The van der Waals surface area contributed by atoms with E-state index in [2.05, 4.69) is 5.32 Å². The van der Waals surface area contributed by atoms with E-state index in [0.717, 1.165) is 22.4 Å². The molecule has 1 unspecified atom stereocenters. The smallest absolute Gasteiger partial charge is 0.273 e. The summed E-state index contributed by atoms with van der Waals surface area (Å²) in [5.74, 6) is 0.920. The molecule has 1 aliphatic rings.